The second kappa shape index (κ2) is 4.22. The van der Waals surface area contributed by atoms with Crippen LogP contribution in [-0.4, -0.2) is 15.6 Å². The van der Waals surface area contributed by atoms with Gasteiger partial charge in [0.1, 0.15) is 5.69 Å². The normalized spacial score (nSPS) is 10.7. The van der Waals surface area contributed by atoms with Crippen LogP contribution in [0.25, 0.3) is 0 Å². The topological polar surface area (TPSA) is 34.9 Å². The quantitative estimate of drug-likeness (QED) is 0.765. The van der Waals surface area contributed by atoms with Gasteiger partial charge in [-0.15, -0.1) is 11.3 Å². The van der Waals surface area contributed by atoms with Gasteiger partial charge in [-0.25, -0.2) is 0 Å². The number of hydrogen-bond donors (Lipinski definition) is 0. The van der Waals surface area contributed by atoms with Crippen LogP contribution in [0.5, 0.6) is 0 Å². The maximum absolute atomic E-state index is 12.2. The summed E-state index contributed by atoms with van der Waals surface area (Å²) < 4.78 is 1.66. The van der Waals surface area contributed by atoms with E-state index in [0.717, 1.165) is 22.6 Å². The molecule has 0 atom stereocenters. The van der Waals surface area contributed by atoms with Crippen LogP contribution >= 0.6 is 11.3 Å². The minimum atomic E-state index is 0.0547. The summed E-state index contributed by atoms with van der Waals surface area (Å²) in [4.78, 5) is 13.3. The number of rotatable bonds is 3. The van der Waals surface area contributed by atoms with Gasteiger partial charge in [0.05, 0.1) is 5.69 Å². The summed E-state index contributed by atoms with van der Waals surface area (Å²) in [6.45, 7) is 4.04. The van der Waals surface area contributed by atoms with Gasteiger partial charge in [-0.2, -0.15) is 5.10 Å². The fourth-order valence-corrected chi connectivity index (χ4v) is 2.31. The fourth-order valence-electron chi connectivity index (χ4n) is 1.62. The van der Waals surface area contributed by atoms with Gasteiger partial charge >= 0.3 is 0 Å². The highest BCUT2D eigenvalue weighted by Gasteiger charge is 2.15. The number of nitrogens with zero attached hydrogens (tertiary/aromatic N) is 2. The molecule has 0 saturated carbocycles. The van der Waals surface area contributed by atoms with E-state index in [9.17, 15) is 4.79 Å². The molecule has 16 heavy (non-hydrogen) atoms. The van der Waals surface area contributed by atoms with Crippen molar-refractivity contribution in [2.24, 2.45) is 7.05 Å². The lowest BCUT2D eigenvalue weighted by Gasteiger charge is -1.97. The first kappa shape index (κ1) is 11.1. The van der Waals surface area contributed by atoms with Crippen LogP contribution in [0.15, 0.2) is 17.5 Å². The molecule has 0 spiro atoms. The lowest BCUT2D eigenvalue weighted by Crippen LogP contribution is -2.07. The van der Waals surface area contributed by atoms with Gasteiger partial charge in [-0.3, -0.25) is 9.48 Å². The summed E-state index contributed by atoms with van der Waals surface area (Å²) in [6, 6.07) is 3.79. The van der Waals surface area contributed by atoms with Crippen molar-refractivity contribution in [1.82, 2.24) is 9.78 Å². The van der Waals surface area contributed by atoms with E-state index in [0.29, 0.717) is 5.69 Å². The van der Waals surface area contributed by atoms with Crippen molar-refractivity contribution in [3.63, 3.8) is 0 Å². The molecule has 0 aromatic carbocycles. The molecule has 0 bridgehead atoms. The van der Waals surface area contributed by atoms with Crippen molar-refractivity contribution in [3.05, 3.63) is 39.3 Å². The van der Waals surface area contributed by atoms with Gasteiger partial charge in [0.25, 0.3) is 0 Å². The number of aryl methyl sites for hydroxylation is 3. The van der Waals surface area contributed by atoms with Gasteiger partial charge in [-0.1, -0.05) is 6.92 Å². The molecule has 4 heteroatoms. The maximum atomic E-state index is 12.2. The standard InChI is InChI=1S/C12H14N2OS/c1-4-10-6-11(14(3)13-10)12(15)9-5-8(2)16-7-9/h5-7H,4H2,1-3H3. The van der Waals surface area contributed by atoms with E-state index in [2.05, 4.69) is 5.10 Å². The Hall–Kier alpha value is -1.42. The maximum Gasteiger partial charge on any atom is 0.211 e. The van der Waals surface area contributed by atoms with E-state index < -0.39 is 0 Å². The van der Waals surface area contributed by atoms with E-state index in [4.69, 9.17) is 0 Å². The summed E-state index contributed by atoms with van der Waals surface area (Å²) in [5.74, 6) is 0.0547. The Morgan fingerprint density at radius 2 is 2.25 bits per heavy atom. The Balaban J connectivity index is 2.37. The molecule has 0 radical (unpaired) electrons. The number of aromatic nitrogens is 2. The minimum absolute atomic E-state index is 0.0547. The third kappa shape index (κ3) is 1.93. The molecule has 0 N–H and O–H groups in total. The van der Waals surface area contributed by atoms with E-state index in [1.807, 2.05) is 38.4 Å². The Bertz CT molecular complexity index is 525. The molecular weight excluding hydrogens is 220 g/mol. The third-order valence-corrected chi connectivity index (χ3v) is 3.38. The summed E-state index contributed by atoms with van der Waals surface area (Å²) in [5, 5.41) is 6.18. The molecule has 2 heterocycles. The van der Waals surface area contributed by atoms with E-state index in [1.54, 1.807) is 16.0 Å². The average molecular weight is 234 g/mol. The highest BCUT2D eigenvalue weighted by molar-refractivity contribution is 7.10. The van der Waals surface area contributed by atoms with Crippen LogP contribution < -0.4 is 0 Å². The first-order chi connectivity index (χ1) is 7.61. The Kier molecular flexibility index (Phi) is 2.92. The average Bonchev–Trinajstić information content (AvgIpc) is 2.83. The summed E-state index contributed by atoms with van der Waals surface area (Å²) >= 11 is 1.60. The van der Waals surface area contributed by atoms with Gasteiger partial charge < -0.3 is 0 Å². The predicted octanol–water partition coefficient (Wildman–Crippen LogP) is 2.58. The minimum Gasteiger partial charge on any atom is -0.287 e. The van der Waals surface area contributed by atoms with E-state index in [1.165, 1.54) is 0 Å². The Labute approximate surface area is 98.7 Å². The number of carbonyl (C=O) groups is 1. The molecule has 2 aromatic rings. The number of carbonyl (C=O) groups excluding carboxylic acids is 1. The van der Waals surface area contributed by atoms with Crippen molar-refractivity contribution in [2.75, 3.05) is 0 Å². The van der Waals surface area contributed by atoms with Gasteiger partial charge in [0, 0.05) is 22.9 Å². The number of hydrogen-bond acceptors (Lipinski definition) is 3. The van der Waals surface area contributed by atoms with Crippen molar-refractivity contribution in [3.8, 4) is 0 Å². The smallest absolute Gasteiger partial charge is 0.211 e. The highest BCUT2D eigenvalue weighted by Crippen LogP contribution is 2.17. The molecule has 0 aliphatic heterocycles. The van der Waals surface area contributed by atoms with Crippen LogP contribution in [0.2, 0.25) is 0 Å². The second-order valence-electron chi connectivity index (χ2n) is 3.77. The van der Waals surface area contributed by atoms with Crippen LogP contribution in [0.1, 0.15) is 33.5 Å². The monoisotopic (exact) mass is 234 g/mol. The highest BCUT2D eigenvalue weighted by atomic mass is 32.1. The number of thiophene rings is 1. The summed E-state index contributed by atoms with van der Waals surface area (Å²) in [5.41, 5.74) is 2.38. The van der Waals surface area contributed by atoms with Crippen molar-refractivity contribution >= 4 is 17.1 Å². The van der Waals surface area contributed by atoms with Crippen LogP contribution in [0, 0.1) is 6.92 Å². The van der Waals surface area contributed by atoms with Gasteiger partial charge in [-0.05, 0) is 25.5 Å². The fraction of sp³-hybridized carbons (Fsp3) is 0.333. The summed E-state index contributed by atoms with van der Waals surface area (Å²) in [7, 11) is 1.81. The lowest BCUT2D eigenvalue weighted by atomic mass is 10.1. The van der Waals surface area contributed by atoms with Gasteiger partial charge in [0.2, 0.25) is 5.78 Å². The van der Waals surface area contributed by atoms with Crippen LogP contribution in [0.3, 0.4) is 0 Å². The molecule has 3 nitrogen and oxygen atoms in total. The molecule has 2 aromatic heterocycles. The molecule has 84 valence electrons. The zero-order valence-electron chi connectivity index (χ0n) is 9.65. The molecule has 0 aliphatic carbocycles. The first-order valence-electron chi connectivity index (χ1n) is 5.24. The Morgan fingerprint density at radius 3 is 2.75 bits per heavy atom. The Morgan fingerprint density at radius 1 is 1.50 bits per heavy atom. The molecule has 2 rings (SSSR count). The number of ketones is 1. The van der Waals surface area contributed by atoms with Crippen molar-refractivity contribution in [1.29, 1.82) is 0 Å². The predicted molar refractivity (Wildman–Crippen MR) is 65.1 cm³/mol. The third-order valence-electron chi connectivity index (χ3n) is 2.52. The van der Waals surface area contributed by atoms with E-state index >= 15 is 0 Å². The zero-order chi connectivity index (χ0) is 11.7. The van der Waals surface area contributed by atoms with E-state index in [-0.39, 0.29) is 5.78 Å². The first-order valence-corrected chi connectivity index (χ1v) is 6.12. The summed E-state index contributed by atoms with van der Waals surface area (Å²) in [6.07, 6.45) is 0.851. The molecule has 0 saturated heterocycles. The molecule has 0 fully saturated rings. The van der Waals surface area contributed by atoms with Crippen LogP contribution in [0.4, 0.5) is 0 Å². The molecule has 0 unspecified atom stereocenters. The van der Waals surface area contributed by atoms with Crippen molar-refractivity contribution < 1.29 is 4.79 Å². The van der Waals surface area contributed by atoms with Crippen LogP contribution in [-0.2, 0) is 13.5 Å². The van der Waals surface area contributed by atoms with Crippen molar-refractivity contribution in [2.45, 2.75) is 20.3 Å². The molecule has 0 aliphatic rings. The second-order valence-corrected chi connectivity index (χ2v) is 4.89. The zero-order valence-corrected chi connectivity index (χ0v) is 10.5. The molecular formula is C12H14N2OS. The molecule has 0 amide bonds. The van der Waals surface area contributed by atoms with Gasteiger partial charge in [0.15, 0.2) is 0 Å². The SMILES string of the molecule is CCc1cc(C(=O)c2csc(C)c2)n(C)n1. The largest absolute Gasteiger partial charge is 0.287 e. The lowest BCUT2D eigenvalue weighted by molar-refractivity contribution is 0.103.